The van der Waals surface area contributed by atoms with Gasteiger partial charge >= 0.3 is 0 Å². The second-order valence-corrected chi connectivity index (χ2v) is 3.89. The number of aromatic nitrogens is 1. The van der Waals surface area contributed by atoms with Gasteiger partial charge in [0.25, 0.3) is 0 Å². The SMILES string of the molecule is COc1ccccc1-c1ccc(CC(O)F)cn1. The van der Waals surface area contributed by atoms with Crippen LogP contribution < -0.4 is 4.74 Å². The van der Waals surface area contributed by atoms with Gasteiger partial charge in [0.1, 0.15) is 5.75 Å². The lowest BCUT2D eigenvalue weighted by molar-refractivity contribution is 0.0429. The van der Waals surface area contributed by atoms with Crippen LogP contribution in [0.5, 0.6) is 5.75 Å². The summed E-state index contributed by atoms with van der Waals surface area (Å²) >= 11 is 0. The molecule has 0 saturated carbocycles. The molecule has 3 nitrogen and oxygen atoms in total. The Morgan fingerprint density at radius 2 is 2.06 bits per heavy atom. The van der Waals surface area contributed by atoms with Crippen LogP contribution in [-0.4, -0.2) is 23.6 Å². The van der Waals surface area contributed by atoms with Crippen molar-refractivity contribution in [1.29, 1.82) is 0 Å². The van der Waals surface area contributed by atoms with E-state index in [9.17, 15) is 4.39 Å². The number of aliphatic hydroxyl groups excluding tert-OH is 1. The van der Waals surface area contributed by atoms with Crippen molar-refractivity contribution in [2.45, 2.75) is 12.8 Å². The second-order valence-electron chi connectivity index (χ2n) is 3.89. The first-order valence-corrected chi connectivity index (χ1v) is 5.61. The third kappa shape index (κ3) is 2.84. The van der Waals surface area contributed by atoms with Crippen molar-refractivity contribution in [2.75, 3.05) is 7.11 Å². The van der Waals surface area contributed by atoms with Crippen molar-refractivity contribution in [1.82, 2.24) is 4.98 Å². The van der Waals surface area contributed by atoms with Crippen LogP contribution in [0, 0.1) is 0 Å². The molecule has 18 heavy (non-hydrogen) atoms. The maximum Gasteiger partial charge on any atom is 0.200 e. The summed E-state index contributed by atoms with van der Waals surface area (Å²) in [6, 6.07) is 11.1. The molecule has 2 rings (SSSR count). The Labute approximate surface area is 105 Å². The van der Waals surface area contributed by atoms with Gasteiger partial charge in [-0.15, -0.1) is 0 Å². The smallest absolute Gasteiger partial charge is 0.200 e. The first-order chi connectivity index (χ1) is 8.70. The summed E-state index contributed by atoms with van der Waals surface area (Å²) in [6.07, 6.45) is -0.326. The maximum atomic E-state index is 12.4. The quantitative estimate of drug-likeness (QED) is 0.903. The van der Waals surface area contributed by atoms with Crippen molar-refractivity contribution in [2.24, 2.45) is 0 Å². The topological polar surface area (TPSA) is 42.4 Å². The van der Waals surface area contributed by atoms with E-state index in [2.05, 4.69) is 4.98 Å². The van der Waals surface area contributed by atoms with E-state index in [0.717, 1.165) is 17.0 Å². The standard InChI is InChI=1S/C14H14FNO2/c1-18-13-5-3-2-4-11(13)12-7-6-10(9-16-12)8-14(15)17/h2-7,9,14,17H,8H2,1H3. The lowest BCUT2D eigenvalue weighted by Gasteiger charge is -2.08. The van der Waals surface area contributed by atoms with Crippen LogP contribution in [0.2, 0.25) is 0 Å². The highest BCUT2D eigenvalue weighted by atomic mass is 19.1. The third-order valence-electron chi connectivity index (χ3n) is 2.61. The van der Waals surface area contributed by atoms with E-state index >= 15 is 0 Å². The summed E-state index contributed by atoms with van der Waals surface area (Å²) in [7, 11) is 1.60. The van der Waals surface area contributed by atoms with Crippen molar-refractivity contribution < 1.29 is 14.2 Å². The number of methoxy groups -OCH3 is 1. The Kier molecular flexibility index (Phi) is 3.89. The summed E-state index contributed by atoms with van der Waals surface area (Å²) in [5.74, 6) is 0.739. The fraction of sp³-hybridized carbons (Fsp3) is 0.214. The van der Waals surface area contributed by atoms with Gasteiger partial charge in [0.2, 0.25) is 0 Å². The van der Waals surface area contributed by atoms with E-state index < -0.39 is 6.36 Å². The predicted octanol–water partition coefficient (Wildman–Crippen LogP) is 2.59. The molecule has 0 fully saturated rings. The van der Waals surface area contributed by atoms with Crippen molar-refractivity contribution in [3.63, 3.8) is 0 Å². The molecule has 0 aliphatic rings. The summed E-state index contributed by atoms with van der Waals surface area (Å²) in [5, 5.41) is 8.66. The molecule has 1 unspecified atom stereocenters. The average molecular weight is 247 g/mol. The van der Waals surface area contributed by atoms with E-state index in [4.69, 9.17) is 9.84 Å². The molecule has 1 N–H and O–H groups in total. The number of halogens is 1. The lowest BCUT2D eigenvalue weighted by atomic mass is 10.1. The van der Waals surface area contributed by atoms with Crippen LogP contribution in [0.4, 0.5) is 4.39 Å². The summed E-state index contributed by atoms with van der Waals surface area (Å²) in [4.78, 5) is 4.25. The summed E-state index contributed by atoms with van der Waals surface area (Å²) < 4.78 is 17.7. The molecule has 0 saturated heterocycles. The molecule has 0 bridgehead atoms. The molecule has 1 atom stereocenters. The van der Waals surface area contributed by atoms with E-state index in [1.54, 1.807) is 25.4 Å². The van der Waals surface area contributed by atoms with Gasteiger partial charge in [-0.25, -0.2) is 4.39 Å². The normalized spacial score (nSPS) is 12.2. The number of hydrogen-bond donors (Lipinski definition) is 1. The minimum atomic E-state index is -1.84. The number of hydrogen-bond acceptors (Lipinski definition) is 3. The van der Waals surface area contributed by atoms with Gasteiger partial charge < -0.3 is 9.84 Å². The van der Waals surface area contributed by atoms with Crippen LogP contribution in [0.3, 0.4) is 0 Å². The van der Waals surface area contributed by atoms with Crippen LogP contribution in [0.25, 0.3) is 11.3 Å². The first kappa shape index (κ1) is 12.5. The van der Waals surface area contributed by atoms with Gasteiger partial charge in [-0.1, -0.05) is 18.2 Å². The van der Waals surface area contributed by atoms with Crippen molar-refractivity contribution >= 4 is 0 Å². The van der Waals surface area contributed by atoms with Gasteiger partial charge in [0.15, 0.2) is 6.36 Å². The molecule has 0 spiro atoms. The zero-order chi connectivity index (χ0) is 13.0. The van der Waals surface area contributed by atoms with Crippen molar-refractivity contribution in [3.05, 3.63) is 48.2 Å². The molecule has 0 radical (unpaired) electrons. The lowest BCUT2D eigenvalue weighted by Crippen LogP contribution is -2.02. The zero-order valence-corrected chi connectivity index (χ0v) is 10.0. The van der Waals surface area contributed by atoms with E-state index in [-0.39, 0.29) is 6.42 Å². The van der Waals surface area contributed by atoms with E-state index in [0.29, 0.717) is 5.56 Å². The maximum absolute atomic E-state index is 12.4. The first-order valence-electron chi connectivity index (χ1n) is 5.61. The minimum absolute atomic E-state index is 0.0425. The van der Waals surface area contributed by atoms with E-state index in [1.807, 2.05) is 24.3 Å². The molecular weight excluding hydrogens is 233 g/mol. The van der Waals surface area contributed by atoms with E-state index in [1.165, 1.54) is 0 Å². The molecule has 0 aliphatic carbocycles. The highest BCUT2D eigenvalue weighted by Crippen LogP contribution is 2.27. The monoisotopic (exact) mass is 247 g/mol. The molecular formula is C14H14FNO2. The Hall–Kier alpha value is -1.94. The second kappa shape index (κ2) is 5.60. The van der Waals surface area contributed by atoms with Crippen LogP contribution in [0.1, 0.15) is 5.56 Å². The fourth-order valence-electron chi connectivity index (χ4n) is 1.76. The predicted molar refractivity (Wildman–Crippen MR) is 67.0 cm³/mol. The van der Waals surface area contributed by atoms with Gasteiger partial charge in [-0.3, -0.25) is 4.98 Å². The Morgan fingerprint density at radius 3 is 2.67 bits per heavy atom. The number of pyridine rings is 1. The molecule has 2 aromatic rings. The van der Waals surface area contributed by atoms with Crippen LogP contribution in [0.15, 0.2) is 42.6 Å². The van der Waals surface area contributed by atoms with Gasteiger partial charge in [0, 0.05) is 18.2 Å². The molecule has 1 aromatic heterocycles. The molecule has 1 heterocycles. The number of rotatable bonds is 4. The average Bonchev–Trinajstić information content (AvgIpc) is 2.39. The number of ether oxygens (including phenoxy) is 1. The summed E-state index contributed by atoms with van der Waals surface area (Å²) in [6.45, 7) is 0. The Morgan fingerprint density at radius 1 is 1.28 bits per heavy atom. The highest BCUT2D eigenvalue weighted by Gasteiger charge is 2.07. The Bertz CT molecular complexity index is 511. The number of para-hydroxylation sites is 1. The molecule has 94 valence electrons. The van der Waals surface area contributed by atoms with Gasteiger partial charge in [-0.05, 0) is 23.8 Å². The molecule has 1 aromatic carbocycles. The zero-order valence-electron chi connectivity index (χ0n) is 10.0. The fourth-order valence-corrected chi connectivity index (χ4v) is 1.76. The van der Waals surface area contributed by atoms with Crippen molar-refractivity contribution in [3.8, 4) is 17.0 Å². The number of benzene rings is 1. The largest absolute Gasteiger partial charge is 0.496 e. The summed E-state index contributed by atoms with van der Waals surface area (Å²) in [5.41, 5.74) is 2.29. The Balaban J connectivity index is 2.28. The number of aliphatic hydroxyl groups is 1. The third-order valence-corrected chi connectivity index (χ3v) is 2.61. The minimum Gasteiger partial charge on any atom is -0.496 e. The van der Waals surface area contributed by atoms with Gasteiger partial charge in [0.05, 0.1) is 12.8 Å². The molecule has 0 amide bonds. The van der Waals surface area contributed by atoms with Crippen LogP contribution >= 0.6 is 0 Å². The number of alkyl halides is 1. The molecule has 4 heteroatoms. The highest BCUT2D eigenvalue weighted by molar-refractivity contribution is 5.66. The van der Waals surface area contributed by atoms with Crippen LogP contribution in [-0.2, 0) is 6.42 Å². The molecule has 0 aliphatic heterocycles. The number of nitrogens with zero attached hydrogens (tertiary/aromatic N) is 1. The van der Waals surface area contributed by atoms with Gasteiger partial charge in [-0.2, -0.15) is 0 Å².